The Labute approximate surface area is 137 Å². The van der Waals surface area contributed by atoms with E-state index in [0.717, 1.165) is 17.9 Å². The number of carbonyl (C=O) groups is 1. The lowest BCUT2D eigenvalue weighted by atomic mass is 10.2. The van der Waals surface area contributed by atoms with Crippen LogP contribution in [0, 0.1) is 0 Å². The predicted octanol–water partition coefficient (Wildman–Crippen LogP) is 3.75. The molecule has 0 aliphatic heterocycles. The van der Waals surface area contributed by atoms with Gasteiger partial charge in [-0.1, -0.05) is 6.92 Å². The van der Waals surface area contributed by atoms with Crippen molar-refractivity contribution < 1.29 is 9.53 Å². The highest BCUT2D eigenvalue weighted by molar-refractivity contribution is 5.94. The standard InChI is InChI=1S/C18H23N3O2/c1-4-11-19-18(22)14-5-10-17(20-12-14)21-15-6-8-16(9-7-15)23-13(2)3/h5-10,12-13H,4,11H2,1-3H3,(H,19,22)(H,20,21). The lowest BCUT2D eigenvalue weighted by Crippen LogP contribution is -2.24. The van der Waals surface area contributed by atoms with Crippen LogP contribution >= 0.6 is 0 Å². The zero-order chi connectivity index (χ0) is 16.7. The van der Waals surface area contributed by atoms with Gasteiger partial charge in [-0.15, -0.1) is 0 Å². The van der Waals surface area contributed by atoms with Crippen LogP contribution in [0.3, 0.4) is 0 Å². The van der Waals surface area contributed by atoms with Gasteiger partial charge in [0.25, 0.3) is 5.91 Å². The minimum absolute atomic E-state index is 0.0962. The molecule has 1 heterocycles. The molecule has 0 aliphatic carbocycles. The van der Waals surface area contributed by atoms with E-state index in [1.165, 1.54) is 0 Å². The molecule has 0 atom stereocenters. The van der Waals surface area contributed by atoms with Crippen molar-refractivity contribution >= 4 is 17.4 Å². The number of carbonyl (C=O) groups excluding carboxylic acids is 1. The third-order valence-corrected chi connectivity index (χ3v) is 3.06. The summed E-state index contributed by atoms with van der Waals surface area (Å²) < 4.78 is 5.61. The number of hydrogen-bond donors (Lipinski definition) is 2. The molecule has 0 saturated carbocycles. The number of pyridine rings is 1. The van der Waals surface area contributed by atoms with E-state index in [0.29, 0.717) is 17.9 Å². The molecule has 0 aliphatic rings. The summed E-state index contributed by atoms with van der Waals surface area (Å²) in [5, 5.41) is 6.02. The second-order valence-electron chi connectivity index (χ2n) is 5.50. The van der Waals surface area contributed by atoms with Crippen LogP contribution < -0.4 is 15.4 Å². The van der Waals surface area contributed by atoms with Crippen LogP contribution in [0.5, 0.6) is 5.75 Å². The van der Waals surface area contributed by atoms with Crippen molar-refractivity contribution in [1.82, 2.24) is 10.3 Å². The number of anilines is 2. The molecular formula is C18H23N3O2. The molecule has 0 unspecified atom stereocenters. The third-order valence-electron chi connectivity index (χ3n) is 3.06. The zero-order valence-electron chi connectivity index (χ0n) is 13.8. The van der Waals surface area contributed by atoms with E-state index in [2.05, 4.69) is 15.6 Å². The molecule has 5 nitrogen and oxygen atoms in total. The van der Waals surface area contributed by atoms with E-state index < -0.39 is 0 Å². The first kappa shape index (κ1) is 16.8. The summed E-state index contributed by atoms with van der Waals surface area (Å²) in [6, 6.07) is 11.2. The average Bonchev–Trinajstić information content (AvgIpc) is 2.54. The Morgan fingerprint density at radius 1 is 1.17 bits per heavy atom. The first-order chi connectivity index (χ1) is 11.1. The molecule has 0 radical (unpaired) electrons. The van der Waals surface area contributed by atoms with Crippen LogP contribution in [0.1, 0.15) is 37.6 Å². The number of rotatable bonds is 7. The topological polar surface area (TPSA) is 63.2 Å². The van der Waals surface area contributed by atoms with Crippen LogP contribution in [-0.2, 0) is 0 Å². The maximum Gasteiger partial charge on any atom is 0.252 e. The van der Waals surface area contributed by atoms with Gasteiger partial charge in [-0.05, 0) is 56.7 Å². The molecule has 1 amide bonds. The van der Waals surface area contributed by atoms with Crippen molar-refractivity contribution in [2.24, 2.45) is 0 Å². The number of aromatic nitrogens is 1. The second kappa shape index (κ2) is 8.17. The molecule has 0 fully saturated rings. The van der Waals surface area contributed by atoms with E-state index in [4.69, 9.17) is 4.74 Å². The predicted molar refractivity (Wildman–Crippen MR) is 92.3 cm³/mol. The molecular weight excluding hydrogens is 290 g/mol. The van der Waals surface area contributed by atoms with Gasteiger partial charge in [-0.2, -0.15) is 0 Å². The molecule has 2 aromatic rings. The smallest absolute Gasteiger partial charge is 0.252 e. The van der Waals surface area contributed by atoms with Gasteiger partial charge < -0.3 is 15.4 Å². The molecule has 122 valence electrons. The first-order valence-electron chi connectivity index (χ1n) is 7.86. The SMILES string of the molecule is CCCNC(=O)c1ccc(Nc2ccc(OC(C)C)cc2)nc1. The van der Waals surface area contributed by atoms with Gasteiger partial charge in [0.2, 0.25) is 0 Å². The number of nitrogens with one attached hydrogen (secondary N) is 2. The van der Waals surface area contributed by atoms with E-state index in [1.54, 1.807) is 18.3 Å². The zero-order valence-corrected chi connectivity index (χ0v) is 13.8. The van der Waals surface area contributed by atoms with E-state index in [1.807, 2.05) is 45.0 Å². The lowest BCUT2D eigenvalue weighted by molar-refractivity contribution is 0.0953. The number of benzene rings is 1. The summed E-state index contributed by atoms with van der Waals surface area (Å²) in [4.78, 5) is 16.1. The van der Waals surface area contributed by atoms with Crippen LogP contribution in [0.4, 0.5) is 11.5 Å². The number of nitrogens with zero attached hydrogens (tertiary/aromatic N) is 1. The quantitative estimate of drug-likeness (QED) is 0.817. The van der Waals surface area contributed by atoms with Gasteiger partial charge >= 0.3 is 0 Å². The van der Waals surface area contributed by atoms with Crippen molar-refractivity contribution in [3.63, 3.8) is 0 Å². The molecule has 0 spiro atoms. The fourth-order valence-corrected chi connectivity index (χ4v) is 1.98. The Hall–Kier alpha value is -2.56. The Bertz CT molecular complexity index is 622. The van der Waals surface area contributed by atoms with Gasteiger partial charge in [0.05, 0.1) is 11.7 Å². The normalized spacial score (nSPS) is 10.4. The first-order valence-corrected chi connectivity index (χ1v) is 7.86. The van der Waals surface area contributed by atoms with Gasteiger partial charge in [-0.3, -0.25) is 4.79 Å². The van der Waals surface area contributed by atoms with E-state index in [-0.39, 0.29) is 12.0 Å². The summed E-state index contributed by atoms with van der Waals surface area (Å²) in [6.45, 7) is 6.68. The molecule has 2 N–H and O–H groups in total. The van der Waals surface area contributed by atoms with E-state index >= 15 is 0 Å². The molecule has 5 heteroatoms. The Morgan fingerprint density at radius 3 is 2.48 bits per heavy atom. The second-order valence-corrected chi connectivity index (χ2v) is 5.50. The molecule has 23 heavy (non-hydrogen) atoms. The summed E-state index contributed by atoms with van der Waals surface area (Å²) in [6.07, 6.45) is 2.64. The summed E-state index contributed by atoms with van der Waals surface area (Å²) in [7, 11) is 0. The monoisotopic (exact) mass is 313 g/mol. The molecule has 0 saturated heterocycles. The summed E-state index contributed by atoms with van der Waals surface area (Å²) in [5.74, 6) is 1.43. The minimum atomic E-state index is -0.0962. The number of hydrogen-bond acceptors (Lipinski definition) is 4. The fourth-order valence-electron chi connectivity index (χ4n) is 1.98. The maximum atomic E-state index is 11.8. The fraction of sp³-hybridized carbons (Fsp3) is 0.333. The lowest BCUT2D eigenvalue weighted by Gasteiger charge is -2.11. The van der Waals surface area contributed by atoms with Gasteiger partial charge in [0, 0.05) is 18.4 Å². The maximum absolute atomic E-state index is 11.8. The van der Waals surface area contributed by atoms with Crippen molar-refractivity contribution in [2.75, 3.05) is 11.9 Å². The number of ether oxygens (including phenoxy) is 1. The van der Waals surface area contributed by atoms with Crippen molar-refractivity contribution in [3.05, 3.63) is 48.2 Å². The summed E-state index contributed by atoms with van der Waals surface area (Å²) in [5.41, 5.74) is 1.47. The molecule has 0 bridgehead atoms. The third kappa shape index (κ3) is 5.29. The van der Waals surface area contributed by atoms with Crippen molar-refractivity contribution in [2.45, 2.75) is 33.3 Å². The van der Waals surface area contributed by atoms with Gasteiger partial charge in [0.15, 0.2) is 0 Å². The highest BCUT2D eigenvalue weighted by Gasteiger charge is 2.05. The largest absolute Gasteiger partial charge is 0.491 e. The van der Waals surface area contributed by atoms with Crippen LogP contribution in [0.25, 0.3) is 0 Å². The molecule has 2 rings (SSSR count). The van der Waals surface area contributed by atoms with Crippen LogP contribution in [0.15, 0.2) is 42.6 Å². The van der Waals surface area contributed by atoms with Crippen LogP contribution in [-0.4, -0.2) is 23.5 Å². The minimum Gasteiger partial charge on any atom is -0.491 e. The average molecular weight is 313 g/mol. The van der Waals surface area contributed by atoms with E-state index in [9.17, 15) is 4.79 Å². The summed E-state index contributed by atoms with van der Waals surface area (Å²) >= 11 is 0. The highest BCUT2D eigenvalue weighted by atomic mass is 16.5. The van der Waals surface area contributed by atoms with Gasteiger partial charge in [-0.25, -0.2) is 4.98 Å². The number of amides is 1. The van der Waals surface area contributed by atoms with Crippen molar-refractivity contribution in [3.8, 4) is 5.75 Å². The molecule has 1 aromatic carbocycles. The Kier molecular flexibility index (Phi) is 5.97. The Balaban J connectivity index is 1.96. The Morgan fingerprint density at radius 2 is 1.91 bits per heavy atom. The van der Waals surface area contributed by atoms with Crippen LogP contribution in [0.2, 0.25) is 0 Å². The molecule has 1 aromatic heterocycles. The van der Waals surface area contributed by atoms with Gasteiger partial charge in [0.1, 0.15) is 11.6 Å². The van der Waals surface area contributed by atoms with Crippen molar-refractivity contribution in [1.29, 1.82) is 0 Å². The highest BCUT2D eigenvalue weighted by Crippen LogP contribution is 2.19.